The molecular formula is C17H18N2OS. The van der Waals surface area contributed by atoms with Crippen molar-refractivity contribution in [1.29, 1.82) is 0 Å². The van der Waals surface area contributed by atoms with E-state index in [4.69, 9.17) is 0 Å². The van der Waals surface area contributed by atoms with Gasteiger partial charge in [0.05, 0.1) is 4.88 Å². The number of aromatic nitrogens is 1. The Kier molecular flexibility index (Phi) is 5.06. The zero-order chi connectivity index (χ0) is 15.2. The van der Waals surface area contributed by atoms with Crippen LogP contribution in [0.2, 0.25) is 0 Å². The molecule has 1 heterocycles. The van der Waals surface area contributed by atoms with Gasteiger partial charge in [-0.3, -0.25) is 4.79 Å². The molecule has 0 atom stereocenters. The number of hydrogen-bond donors (Lipinski definition) is 0. The number of Topliss-reactive ketones (excluding diaryl/α,β-unsaturated/α-hetero) is 1. The number of ketones is 1. The predicted octanol–water partition coefficient (Wildman–Crippen LogP) is 4.19. The summed E-state index contributed by atoms with van der Waals surface area (Å²) in [6.45, 7) is 10.7. The van der Waals surface area contributed by atoms with E-state index in [1.807, 2.05) is 24.3 Å². The SMILES string of the molecule is C=CCN(CC=C)c1ccc(-c2ncc(C(C)=O)s2)cc1. The maximum atomic E-state index is 11.3. The van der Waals surface area contributed by atoms with Gasteiger partial charge < -0.3 is 4.90 Å². The first-order valence-electron chi connectivity index (χ1n) is 6.69. The van der Waals surface area contributed by atoms with Gasteiger partial charge in [-0.1, -0.05) is 12.2 Å². The fourth-order valence-corrected chi connectivity index (χ4v) is 2.80. The summed E-state index contributed by atoms with van der Waals surface area (Å²) in [5.74, 6) is 0.0542. The molecule has 0 amide bonds. The number of nitrogens with zero attached hydrogens (tertiary/aromatic N) is 2. The number of carbonyl (C=O) groups is 1. The third-order valence-corrected chi connectivity index (χ3v) is 4.18. The molecule has 0 aliphatic rings. The maximum absolute atomic E-state index is 11.3. The number of carbonyl (C=O) groups excluding carboxylic acids is 1. The Morgan fingerprint density at radius 2 is 1.86 bits per heavy atom. The summed E-state index contributed by atoms with van der Waals surface area (Å²) < 4.78 is 0. The fraction of sp³-hybridized carbons (Fsp3) is 0.176. The minimum Gasteiger partial charge on any atom is -0.364 e. The number of anilines is 1. The molecule has 0 aliphatic carbocycles. The zero-order valence-corrected chi connectivity index (χ0v) is 12.9. The van der Waals surface area contributed by atoms with Gasteiger partial charge >= 0.3 is 0 Å². The second-order valence-corrected chi connectivity index (χ2v) is 5.65. The van der Waals surface area contributed by atoms with E-state index >= 15 is 0 Å². The Balaban J connectivity index is 2.22. The first kappa shape index (κ1) is 15.2. The second kappa shape index (κ2) is 6.99. The molecule has 0 N–H and O–H groups in total. The minimum absolute atomic E-state index is 0.0542. The molecule has 21 heavy (non-hydrogen) atoms. The van der Waals surface area contributed by atoms with Crippen LogP contribution >= 0.6 is 11.3 Å². The molecule has 0 fully saturated rings. The molecule has 0 spiro atoms. The third kappa shape index (κ3) is 3.67. The van der Waals surface area contributed by atoms with Gasteiger partial charge in [-0.25, -0.2) is 4.98 Å². The Morgan fingerprint density at radius 3 is 2.33 bits per heavy atom. The molecule has 3 nitrogen and oxygen atoms in total. The molecule has 0 saturated heterocycles. The monoisotopic (exact) mass is 298 g/mol. The van der Waals surface area contributed by atoms with E-state index in [-0.39, 0.29) is 5.78 Å². The van der Waals surface area contributed by atoms with Crippen LogP contribution in [0.25, 0.3) is 10.6 Å². The molecule has 1 aromatic carbocycles. The minimum atomic E-state index is 0.0542. The van der Waals surface area contributed by atoms with E-state index in [2.05, 4.69) is 35.2 Å². The molecule has 0 unspecified atom stereocenters. The van der Waals surface area contributed by atoms with Crippen molar-refractivity contribution in [3.05, 3.63) is 60.6 Å². The van der Waals surface area contributed by atoms with E-state index in [9.17, 15) is 4.79 Å². The van der Waals surface area contributed by atoms with Crippen molar-refractivity contribution in [3.8, 4) is 10.6 Å². The molecule has 2 rings (SSSR count). The van der Waals surface area contributed by atoms with Crippen LogP contribution in [-0.4, -0.2) is 23.9 Å². The summed E-state index contributed by atoms with van der Waals surface area (Å²) in [6.07, 6.45) is 5.38. The van der Waals surface area contributed by atoms with Crippen LogP contribution in [0.15, 0.2) is 55.8 Å². The van der Waals surface area contributed by atoms with Crippen molar-refractivity contribution < 1.29 is 4.79 Å². The van der Waals surface area contributed by atoms with Crippen molar-refractivity contribution in [2.24, 2.45) is 0 Å². The molecule has 108 valence electrons. The summed E-state index contributed by atoms with van der Waals surface area (Å²) in [6, 6.07) is 8.16. The van der Waals surface area contributed by atoms with Crippen LogP contribution in [0.1, 0.15) is 16.6 Å². The van der Waals surface area contributed by atoms with E-state index in [0.29, 0.717) is 4.88 Å². The second-order valence-electron chi connectivity index (χ2n) is 4.62. The van der Waals surface area contributed by atoms with Crippen molar-refractivity contribution in [1.82, 2.24) is 4.98 Å². The van der Waals surface area contributed by atoms with Crippen molar-refractivity contribution in [3.63, 3.8) is 0 Å². The number of thiazole rings is 1. The number of rotatable bonds is 7. The highest BCUT2D eigenvalue weighted by atomic mass is 32.1. The Labute approximate surface area is 129 Å². The third-order valence-electron chi connectivity index (χ3n) is 3.03. The maximum Gasteiger partial charge on any atom is 0.171 e. The van der Waals surface area contributed by atoms with Gasteiger partial charge in [-0.2, -0.15) is 0 Å². The average Bonchev–Trinajstić information content (AvgIpc) is 2.97. The highest BCUT2D eigenvalue weighted by Gasteiger charge is 2.09. The van der Waals surface area contributed by atoms with E-state index < -0.39 is 0 Å². The summed E-state index contributed by atoms with van der Waals surface area (Å²) in [4.78, 5) is 18.5. The standard InChI is InChI=1S/C17H18N2OS/c1-4-10-19(11-5-2)15-8-6-14(7-9-15)17-18-12-16(21-17)13(3)20/h4-9,12H,1-2,10-11H2,3H3. The number of benzene rings is 1. The lowest BCUT2D eigenvalue weighted by molar-refractivity contribution is 0.102. The first-order chi connectivity index (χ1) is 10.2. The van der Waals surface area contributed by atoms with Gasteiger partial charge in [-0.15, -0.1) is 24.5 Å². The van der Waals surface area contributed by atoms with Gasteiger partial charge in [0.1, 0.15) is 5.01 Å². The molecule has 0 radical (unpaired) electrons. The van der Waals surface area contributed by atoms with Gasteiger partial charge in [0.25, 0.3) is 0 Å². The molecule has 2 aromatic rings. The highest BCUT2D eigenvalue weighted by Crippen LogP contribution is 2.27. The van der Waals surface area contributed by atoms with Crippen LogP contribution in [0.3, 0.4) is 0 Å². The van der Waals surface area contributed by atoms with Gasteiger partial charge in [0, 0.05) is 37.5 Å². The molecule has 0 bridgehead atoms. The molecular weight excluding hydrogens is 280 g/mol. The van der Waals surface area contributed by atoms with Crippen LogP contribution in [-0.2, 0) is 0 Å². The van der Waals surface area contributed by atoms with Crippen molar-refractivity contribution in [2.75, 3.05) is 18.0 Å². The lowest BCUT2D eigenvalue weighted by Gasteiger charge is -2.21. The van der Waals surface area contributed by atoms with Gasteiger partial charge in [-0.05, 0) is 24.3 Å². The van der Waals surface area contributed by atoms with Crippen LogP contribution in [0.5, 0.6) is 0 Å². The van der Waals surface area contributed by atoms with Gasteiger partial charge in [0.2, 0.25) is 0 Å². The summed E-state index contributed by atoms with van der Waals surface area (Å²) in [5.41, 5.74) is 2.13. The Hall–Kier alpha value is -2.20. The lowest BCUT2D eigenvalue weighted by atomic mass is 10.2. The van der Waals surface area contributed by atoms with Crippen LogP contribution in [0.4, 0.5) is 5.69 Å². The van der Waals surface area contributed by atoms with Crippen LogP contribution < -0.4 is 4.90 Å². The lowest BCUT2D eigenvalue weighted by Crippen LogP contribution is -2.22. The summed E-state index contributed by atoms with van der Waals surface area (Å²) in [7, 11) is 0. The van der Waals surface area contributed by atoms with Gasteiger partial charge in [0.15, 0.2) is 5.78 Å². The molecule has 0 aliphatic heterocycles. The number of hydrogen-bond acceptors (Lipinski definition) is 4. The molecule has 1 aromatic heterocycles. The van der Waals surface area contributed by atoms with E-state index in [0.717, 1.165) is 29.3 Å². The normalized spacial score (nSPS) is 10.1. The Bertz CT molecular complexity index is 633. The highest BCUT2D eigenvalue weighted by molar-refractivity contribution is 7.16. The smallest absolute Gasteiger partial charge is 0.171 e. The Morgan fingerprint density at radius 1 is 1.24 bits per heavy atom. The van der Waals surface area contributed by atoms with Crippen LogP contribution in [0, 0.1) is 0 Å². The van der Waals surface area contributed by atoms with E-state index in [1.165, 1.54) is 11.3 Å². The average molecular weight is 298 g/mol. The zero-order valence-electron chi connectivity index (χ0n) is 12.1. The summed E-state index contributed by atoms with van der Waals surface area (Å²) >= 11 is 1.42. The van der Waals surface area contributed by atoms with Crippen molar-refractivity contribution in [2.45, 2.75) is 6.92 Å². The quantitative estimate of drug-likeness (QED) is 0.567. The molecule has 4 heteroatoms. The topological polar surface area (TPSA) is 33.2 Å². The fourth-order valence-electron chi connectivity index (χ4n) is 1.98. The van der Waals surface area contributed by atoms with Crippen molar-refractivity contribution >= 4 is 22.8 Å². The van der Waals surface area contributed by atoms with E-state index in [1.54, 1.807) is 13.1 Å². The first-order valence-corrected chi connectivity index (χ1v) is 7.51. The largest absolute Gasteiger partial charge is 0.364 e. The summed E-state index contributed by atoms with van der Waals surface area (Å²) in [5, 5.41) is 0.866. The molecule has 0 saturated carbocycles. The predicted molar refractivity (Wildman–Crippen MR) is 90.2 cm³/mol.